The standard InChI is InChI=1S/C8H12ClN3O2/c1-14-7(13)3-2-4-12-5-6(9)8(10)11-12/h5H,2-4H2,1H3,(H2,10,11). The van der Waals surface area contributed by atoms with Crippen LogP contribution in [0, 0.1) is 0 Å². The summed E-state index contributed by atoms with van der Waals surface area (Å²) in [6.45, 7) is 0.603. The van der Waals surface area contributed by atoms with Crippen molar-refractivity contribution in [1.82, 2.24) is 9.78 Å². The minimum absolute atomic E-state index is 0.226. The molecule has 0 bridgehead atoms. The van der Waals surface area contributed by atoms with Gasteiger partial charge < -0.3 is 10.5 Å². The van der Waals surface area contributed by atoms with Crippen LogP contribution in [-0.4, -0.2) is 22.9 Å². The first kappa shape index (κ1) is 10.8. The molecular formula is C8H12ClN3O2. The second kappa shape index (κ2) is 4.85. The fraction of sp³-hybridized carbons (Fsp3) is 0.500. The van der Waals surface area contributed by atoms with Gasteiger partial charge in [0.15, 0.2) is 5.82 Å². The lowest BCUT2D eigenvalue weighted by molar-refractivity contribution is -0.140. The average Bonchev–Trinajstić information content (AvgIpc) is 2.46. The topological polar surface area (TPSA) is 70.1 Å². The minimum atomic E-state index is -0.226. The molecule has 0 unspecified atom stereocenters. The van der Waals surface area contributed by atoms with Gasteiger partial charge in [-0.25, -0.2) is 0 Å². The van der Waals surface area contributed by atoms with Gasteiger partial charge in [0.25, 0.3) is 0 Å². The summed E-state index contributed by atoms with van der Waals surface area (Å²) < 4.78 is 6.11. The van der Waals surface area contributed by atoms with Gasteiger partial charge in [0.1, 0.15) is 5.02 Å². The van der Waals surface area contributed by atoms with Crippen LogP contribution in [0.4, 0.5) is 5.82 Å². The third-order valence-electron chi connectivity index (χ3n) is 1.74. The average molecular weight is 218 g/mol. The summed E-state index contributed by atoms with van der Waals surface area (Å²) in [6, 6.07) is 0. The number of rotatable bonds is 4. The molecule has 0 fully saturated rings. The van der Waals surface area contributed by atoms with Crippen LogP contribution in [0.1, 0.15) is 12.8 Å². The number of carbonyl (C=O) groups is 1. The molecule has 78 valence electrons. The van der Waals surface area contributed by atoms with Crippen molar-refractivity contribution in [2.45, 2.75) is 19.4 Å². The Morgan fingerprint density at radius 1 is 1.79 bits per heavy atom. The molecule has 1 rings (SSSR count). The molecule has 0 saturated heterocycles. The number of aryl methyl sites for hydroxylation is 1. The number of anilines is 1. The van der Waals surface area contributed by atoms with Gasteiger partial charge in [-0.2, -0.15) is 5.10 Å². The van der Waals surface area contributed by atoms with E-state index in [0.717, 1.165) is 0 Å². The first-order valence-electron chi connectivity index (χ1n) is 4.18. The molecular weight excluding hydrogens is 206 g/mol. The van der Waals surface area contributed by atoms with Crippen LogP contribution in [0.5, 0.6) is 0 Å². The van der Waals surface area contributed by atoms with Crippen molar-refractivity contribution in [3.63, 3.8) is 0 Å². The number of ether oxygens (including phenoxy) is 1. The molecule has 6 heteroatoms. The number of hydrogen-bond acceptors (Lipinski definition) is 4. The molecule has 1 aromatic heterocycles. The Labute approximate surface area is 86.8 Å². The van der Waals surface area contributed by atoms with E-state index in [1.807, 2.05) is 0 Å². The van der Waals surface area contributed by atoms with Crippen LogP contribution in [0.2, 0.25) is 5.02 Å². The molecule has 1 heterocycles. The Kier molecular flexibility index (Phi) is 3.76. The van der Waals surface area contributed by atoms with Crippen molar-refractivity contribution in [1.29, 1.82) is 0 Å². The van der Waals surface area contributed by atoms with Gasteiger partial charge in [0, 0.05) is 19.2 Å². The third kappa shape index (κ3) is 2.92. The predicted octanol–water partition coefficient (Wildman–Crippen LogP) is 1.07. The van der Waals surface area contributed by atoms with Crippen LogP contribution >= 0.6 is 11.6 Å². The first-order valence-corrected chi connectivity index (χ1v) is 4.56. The molecule has 0 radical (unpaired) electrons. The van der Waals surface area contributed by atoms with Crippen molar-refractivity contribution < 1.29 is 9.53 Å². The highest BCUT2D eigenvalue weighted by molar-refractivity contribution is 6.32. The number of carbonyl (C=O) groups excluding carboxylic acids is 1. The summed E-state index contributed by atoms with van der Waals surface area (Å²) >= 11 is 5.70. The molecule has 0 aliphatic rings. The van der Waals surface area contributed by atoms with Gasteiger partial charge >= 0.3 is 5.97 Å². The number of hydrogen-bond donors (Lipinski definition) is 1. The Bertz CT molecular complexity index is 305. The number of esters is 1. The van der Waals surface area contributed by atoms with Gasteiger partial charge in [-0.3, -0.25) is 9.48 Å². The SMILES string of the molecule is COC(=O)CCCn1cc(Cl)c(N)n1. The summed E-state index contributed by atoms with van der Waals surface area (Å²) in [5.74, 6) is 0.0842. The van der Waals surface area contributed by atoms with E-state index in [9.17, 15) is 4.79 Å². The van der Waals surface area contributed by atoms with Crippen molar-refractivity contribution in [3.8, 4) is 0 Å². The predicted molar refractivity (Wildman–Crippen MR) is 52.9 cm³/mol. The number of nitrogen functional groups attached to an aromatic ring is 1. The zero-order valence-electron chi connectivity index (χ0n) is 7.86. The molecule has 14 heavy (non-hydrogen) atoms. The largest absolute Gasteiger partial charge is 0.469 e. The summed E-state index contributed by atoms with van der Waals surface area (Å²) in [7, 11) is 1.37. The normalized spacial score (nSPS) is 10.1. The Hall–Kier alpha value is -1.23. The fourth-order valence-electron chi connectivity index (χ4n) is 1.01. The van der Waals surface area contributed by atoms with Crippen LogP contribution in [0.3, 0.4) is 0 Å². The lowest BCUT2D eigenvalue weighted by atomic mass is 10.3. The maximum absolute atomic E-state index is 10.8. The summed E-state index contributed by atoms with van der Waals surface area (Å²) in [5, 5.41) is 4.38. The van der Waals surface area contributed by atoms with Crippen molar-refractivity contribution in [2.24, 2.45) is 0 Å². The fourth-order valence-corrected chi connectivity index (χ4v) is 1.16. The van der Waals surface area contributed by atoms with Gasteiger partial charge in [-0.15, -0.1) is 0 Å². The number of nitrogens with two attached hydrogens (primary N) is 1. The van der Waals surface area contributed by atoms with Gasteiger partial charge in [-0.1, -0.05) is 11.6 Å². The van der Waals surface area contributed by atoms with Gasteiger partial charge in [0.2, 0.25) is 0 Å². The zero-order valence-corrected chi connectivity index (χ0v) is 8.62. The van der Waals surface area contributed by atoms with E-state index in [1.54, 1.807) is 10.9 Å². The molecule has 0 atom stereocenters. The monoisotopic (exact) mass is 217 g/mol. The molecule has 2 N–H and O–H groups in total. The maximum Gasteiger partial charge on any atom is 0.305 e. The Morgan fingerprint density at radius 2 is 2.50 bits per heavy atom. The smallest absolute Gasteiger partial charge is 0.305 e. The zero-order chi connectivity index (χ0) is 10.6. The van der Waals surface area contributed by atoms with Crippen LogP contribution in [-0.2, 0) is 16.1 Å². The van der Waals surface area contributed by atoms with E-state index in [2.05, 4.69) is 9.84 Å². The van der Waals surface area contributed by atoms with E-state index in [4.69, 9.17) is 17.3 Å². The molecule has 0 spiro atoms. The van der Waals surface area contributed by atoms with E-state index in [1.165, 1.54) is 7.11 Å². The number of methoxy groups -OCH3 is 1. The van der Waals surface area contributed by atoms with Crippen LogP contribution in [0.15, 0.2) is 6.20 Å². The lowest BCUT2D eigenvalue weighted by Crippen LogP contribution is -2.04. The summed E-state index contributed by atoms with van der Waals surface area (Å²) in [4.78, 5) is 10.8. The first-order chi connectivity index (χ1) is 6.63. The highest BCUT2D eigenvalue weighted by atomic mass is 35.5. The molecule has 0 aliphatic carbocycles. The van der Waals surface area contributed by atoms with Crippen LogP contribution < -0.4 is 5.73 Å². The Morgan fingerprint density at radius 3 is 3.00 bits per heavy atom. The summed E-state index contributed by atoms with van der Waals surface area (Å²) in [5.41, 5.74) is 5.44. The maximum atomic E-state index is 10.8. The van der Waals surface area contributed by atoms with Crippen LogP contribution in [0.25, 0.3) is 0 Å². The lowest BCUT2D eigenvalue weighted by Gasteiger charge is -1.99. The van der Waals surface area contributed by atoms with E-state index >= 15 is 0 Å². The second-order valence-corrected chi connectivity index (χ2v) is 3.21. The number of nitrogens with zero attached hydrogens (tertiary/aromatic N) is 2. The quantitative estimate of drug-likeness (QED) is 0.766. The molecule has 0 aromatic carbocycles. The van der Waals surface area contributed by atoms with E-state index < -0.39 is 0 Å². The molecule has 0 saturated carbocycles. The Balaban J connectivity index is 2.35. The van der Waals surface area contributed by atoms with Crippen molar-refractivity contribution >= 4 is 23.4 Å². The molecule has 0 aliphatic heterocycles. The second-order valence-electron chi connectivity index (χ2n) is 2.81. The molecule has 1 aromatic rings. The van der Waals surface area contributed by atoms with Gasteiger partial charge in [-0.05, 0) is 6.42 Å². The summed E-state index contributed by atoms with van der Waals surface area (Å²) in [6.07, 6.45) is 2.66. The van der Waals surface area contributed by atoms with E-state index in [0.29, 0.717) is 30.2 Å². The van der Waals surface area contributed by atoms with Gasteiger partial charge in [0.05, 0.1) is 7.11 Å². The molecule has 0 amide bonds. The minimum Gasteiger partial charge on any atom is -0.469 e. The highest BCUT2D eigenvalue weighted by Crippen LogP contribution is 2.15. The third-order valence-corrected chi connectivity index (χ3v) is 2.03. The number of halogens is 1. The van der Waals surface area contributed by atoms with E-state index in [-0.39, 0.29) is 5.97 Å². The molecule has 5 nitrogen and oxygen atoms in total. The van der Waals surface area contributed by atoms with Crippen molar-refractivity contribution in [3.05, 3.63) is 11.2 Å². The highest BCUT2D eigenvalue weighted by Gasteiger charge is 2.04. The number of aromatic nitrogens is 2. The van der Waals surface area contributed by atoms with Crippen molar-refractivity contribution in [2.75, 3.05) is 12.8 Å².